The molecule has 0 amide bonds. The van der Waals surface area contributed by atoms with Gasteiger partial charge in [0.15, 0.2) is 0 Å². The van der Waals surface area contributed by atoms with Gasteiger partial charge in [-0.3, -0.25) is 4.90 Å². The van der Waals surface area contributed by atoms with Crippen molar-refractivity contribution < 1.29 is 0 Å². The van der Waals surface area contributed by atoms with E-state index in [0.717, 1.165) is 18.4 Å². The third kappa shape index (κ3) is 3.02. The fraction of sp³-hybridized carbons (Fsp3) is 0.750. The molecule has 1 aromatic heterocycles. The van der Waals surface area contributed by atoms with Crippen LogP contribution in [-0.4, -0.2) is 23.0 Å². The van der Waals surface area contributed by atoms with Gasteiger partial charge in [0.2, 0.25) is 0 Å². The standard InChI is InChI=1S/C12H20N2S/c1-10(2)11-4-3-6-14(8-11)9-12-13-5-7-15-12/h5,7,10-11H,3-4,6,8-9H2,1-2H3. The molecule has 1 aromatic rings. The number of piperidine rings is 1. The molecule has 0 saturated carbocycles. The maximum absolute atomic E-state index is 4.36. The predicted octanol–water partition coefficient (Wildman–Crippen LogP) is 3.01. The lowest BCUT2D eigenvalue weighted by atomic mass is 9.88. The van der Waals surface area contributed by atoms with Crippen LogP contribution in [0.4, 0.5) is 0 Å². The molecule has 2 nitrogen and oxygen atoms in total. The zero-order valence-corrected chi connectivity index (χ0v) is 10.5. The van der Waals surface area contributed by atoms with Crippen LogP contribution < -0.4 is 0 Å². The smallest absolute Gasteiger partial charge is 0.107 e. The summed E-state index contributed by atoms with van der Waals surface area (Å²) in [7, 11) is 0. The van der Waals surface area contributed by atoms with Gasteiger partial charge in [0, 0.05) is 18.1 Å². The fourth-order valence-corrected chi connectivity index (χ4v) is 2.96. The topological polar surface area (TPSA) is 16.1 Å². The second-order valence-corrected chi connectivity index (χ2v) is 5.79. The molecule has 0 bridgehead atoms. The van der Waals surface area contributed by atoms with Gasteiger partial charge in [0.25, 0.3) is 0 Å². The van der Waals surface area contributed by atoms with Crippen molar-refractivity contribution in [2.75, 3.05) is 13.1 Å². The van der Waals surface area contributed by atoms with Crippen molar-refractivity contribution in [3.05, 3.63) is 16.6 Å². The number of rotatable bonds is 3. The Balaban J connectivity index is 1.88. The van der Waals surface area contributed by atoms with Crippen molar-refractivity contribution >= 4 is 11.3 Å². The first-order chi connectivity index (χ1) is 7.25. The van der Waals surface area contributed by atoms with Gasteiger partial charge >= 0.3 is 0 Å². The summed E-state index contributed by atoms with van der Waals surface area (Å²) >= 11 is 1.77. The van der Waals surface area contributed by atoms with E-state index in [1.54, 1.807) is 11.3 Å². The minimum atomic E-state index is 0.823. The Morgan fingerprint density at radius 1 is 1.60 bits per heavy atom. The van der Waals surface area contributed by atoms with Gasteiger partial charge in [-0.2, -0.15) is 0 Å². The van der Waals surface area contributed by atoms with Crippen LogP contribution in [0.5, 0.6) is 0 Å². The summed E-state index contributed by atoms with van der Waals surface area (Å²) in [5.74, 6) is 1.71. The van der Waals surface area contributed by atoms with Crippen LogP contribution in [0, 0.1) is 11.8 Å². The molecule has 2 heterocycles. The molecular formula is C12H20N2S. The van der Waals surface area contributed by atoms with E-state index in [9.17, 15) is 0 Å². The molecule has 84 valence electrons. The lowest BCUT2D eigenvalue weighted by molar-refractivity contribution is 0.139. The lowest BCUT2D eigenvalue weighted by Crippen LogP contribution is -2.36. The molecule has 2 rings (SSSR count). The van der Waals surface area contributed by atoms with Gasteiger partial charge < -0.3 is 0 Å². The molecule has 0 aliphatic carbocycles. The minimum Gasteiger partial charge on any atom is -0.296 e. The molecule has 0 radical (unpaired) electrons. The van der Waals surface area contributed by atoms with Crippen molar-refractivity contribution in [2.45, 2.75) is 33.2 Å². The van der Waals surface area contributed by atoms with Crippen LogP contribution in [0.1, 0.15) is 31.7 Å². The Labute approximate surface area is 96.3 Å². The van der Waals surface area contributed by atoms with Crippen molar-refractivity contribution in [2.24, 2.45) is 11.8 Å². The lowest BCUT2D eigenvalue weighted by Gasteiger charge is -2.34. The van der Waals surface area contributed by atoms with E-state index in [-0.39, 0.29) is 0 Å². The average Bonchev–Trinajstić information content (AvgIpc) is 2.71. The highest BCUT2D eigenvalue weighted by atomic mass is 32.1. The van der Waals surface area contributed by atoms with Crippen LogP contribution in [0.15, 0.2) is 11.6 Å². The van der Waals surface area contributed by atoms with Gasteiger partial charge in [-0.05, 0) is 31.2 Å². The van der Waals surface area contributed by atoms with Gasteiger partial charge in [-0.25, -0.2) is 4.98 Å². The maximum Gasteiger partial charge on any atom is 0.107 e. The largest absolute Gasteiger partial charge is 0.296 e. The Morgan fingerprint density at radius 3 is 3.13 bits per heavy atom. The molecule has 15 heavy (non-hydrogen) atoms. The average molecular weight is 224 g/mol. The summed E-state index contributed by atoms with van der Waals surface area (Å²) in [6.07, 6.45) is 4.67. The Kier molecular flexibility index (Phi) is 3.76. The first kappa shape index (κ1) is 11.1. The normalized spacial score (nSPS) is 23.5. The van der Waals surface area contributed by atoms with E-state index in [1.165, 1.54) is 30.9 Å². The third-order valence-corrected chi connectivity index (χ3v) is 4.09. The number of hydrogen-bond acceptors (Lipinski definition) is 3. The van der Waals surface area contributed by atoms with Gasteiger partial charge in [0.05, 0.1) is 6.54 Å². The second kappa shape index (κ2) is 5.08. The highest BCUT2D eigenvalue weighted by Crippen LogP contribution is 2.24. The quantitative estimate of drug-likeness (QED) is 0.784. The summed E-state index contributed by atoms with van der Waals surface area (Å²) in [6, 6.07) is 0. The Hall–Kier alpha value is -0.410. The van der Waals surface area contributed by atoms with Gasteiger partial charge in [-0.1, -0.05) is 13.8 Å². The van der Waals surface area contributed by atoms with Crippen LogP contribution in [0.25, 0.3) is 0 Å². The van der Waals surface area contributed by atoms with E-state index in [2.05, 4.69) is 29.1 Å². The van der Waals surface area contributed by atoms with Crippen molar-refractivity contribution in [3.8, 4) is 0 Å². The Morgan fingerprint density at radius 2 is 2.47 bits per heavy atom. The van der Waals surface area contributed by atoms with E-state index in [0.29, 0.717) is 0 Å². The van der Waals surface area contributed by atoms with Crippen molar-refractivity contribution in [3.63, 3.8) is 0 Å². The molecular weight excluding hydrogens is 204 g/mol. The monoisotopic (exact) mass is 224 g/mol. The number of likely N-dealkylation sites (tertiary alicyclic amines) is 1. The van der Waals surface area contributed by atoms with E-state index < -0.39 is 0 Å². The van der Waals surface area contributed by atoms with Crippen LogP contribution in [0.2, 0.25) is 0 Å². The number of hydrogen-bond donors (Lipinski definition) is 0. The number of nitrogens with zero attached hydrogens (tertiary/aromatic N) is 2. The van der Waals surface area contributed by atoms with E-state index in [4.69, 9.17) is 0 Å². The van der Waals surface area contributed by atoms with Gasteiger partial charge in [-0.15, -0.1) is 11.3 Å². The highest BCUT2D eigenvalue weighted by molar-refractivity contribution is 7.09. The predicted molar refractivity (Wildman–Crippen MR) is 65.0 cm³/mol. The summed E-state index contributed by atoms with van der Waals surface area (Å²) in [6.45, 7) is 8.26. The molecule has 0 N–H and O–H groups in total. The van der Waals surface area contributed by atoms with E-state index in [1.807, 2.05) is 6.20 Å². The third-order valence-electron chi connectivity index (χ3n) is 3.33. The molecule has 1 saturated heterocycles. The summed E-state index contributed by atoms with van der Waals surface area (Å²) in [5.41, 5.74) is 0. The molecule has 1 fully saturated rings. The van der Waals surface area contributed by atoms with E-state index >= 15 is 0 Å². The molecule has 0 aromatic carbocycles. The van der Waals surface area contributed by atoms with Crippen molar-refractivity contribution in [1.29, 1.82) is 0 Å². The summed E-state index contributed by atoms with van der Waals surface area (Å²) in [5, 5.41) is 3.33. The van der Waals surface area contributed by atoms with Crippen LogP contribution >= 0.6 is 11.3 Å². The van der Waals surface area contributed by atoms with Crippen molar-refractivity contribution in [1.82, 2.24) is 9.88 Å². The zero-order chi connectivity index (χ0) is 10.7. The fourth-order valence-electron chi connectivity index (χ4n) is 2.30. The number of aromatic nitrogens is 1. The minimum absolute atomic E-state index is 0.823. The molecule has 1 aliphatic rings. The maximum atomic E-state index is 4.36. The second-order valence-electron chi connectivity index (χ2n) is 4.81. The summed E-state index contributed by atoms with van der Waals surface area (Å²) < 4.78 is 0. The molecule has 1 aliphatic heterocycles. The molecule has 3 heteroatoms. The first-order valence-corrected chi connectivity index (χ1v) is 6.74. The molecule has 0 spiro atoms. The zero-order valence-electron chi connectivity index (χ0n) is 9.65. The SMILES string of the molecule is CC(C)C1CCCN(Cc2nccs2)C1. The highest BCUT2D eigenvalue weighted by Gasteiger charge is 2.22. The van der Waals surface area contributed by atoms with Gasteiger partial charge in [0.1, 0.15) is 5.01 Å². The Bertz CT molecular complexity index is 282. The first-order valence-electron chi connectivity index (χ1n) is 5.86. The number of thiazole rings is 1. The molecule has 1 atom stereocenters. The van der Waals surface area contributed by atoms with Crippen LogP contribution in [0.3, 0.4) is 0 Å². The van der Waals surface area contributed by atoms with Crippen LogP contribution in [-0.2, 0) is 6.54 Å². The molecule has 1 unspecified atom stereocenters. The summed E-state index contributed by atoms with van der Waals surface area (Å²) in [4.78, 5) is 6.92.